The van der Waals surface area contributed by atoms with Crippen LogP contribution < -0.4 is 17.2 Å². The van der Waals surface area contributed by atoms with E-state index >= 15 is 0 Å². The van der Waals surface area contributed by atoms with Crippen molar-refractivity contribution in [2.24, 2.45) is 11.5 Å². The number of nitrogen functional groups attached to an aromatic ring is 1. The molecule has 0 spiro atoms. The number of thiophene rings is 1. The van der Waals surface area contributed by atoms with Gasteiger partial charge in [-0.3, -0.25) is 4.79 Å². The quantitative estimate of drug-likeness (QED) is 0.686. The Labute approximate surface area is 131 Å². The van der Waals surface area contributed by atoms with Crippen molar-refractivity contribution in [2.45, 2.75) is 6.42 Å². The highest BCUT2D eigenvalue weighted by molar-refractivity contribution is 7.21. The summed E-state index contributed by atoms with van der Waals surface area (Å²) in [5.41, 5.74) is 20.4. The van der Waals surface area contributed by atoms with Gasteiger partial charge in [0.15, 0.2) is 0 Å². The molecule has 0 atom stereocenters. The van der Waals surface area contributed by atoms with E-state index in [0.29, 0.717) is 23.5 Å². The van der Waals surface area contributed by atoms with Crippen LogP contribution in [0.1, 0.15) is 15.2 Å². The average molecular weight is 312 g/mol. The van der Waals surface area contributed by atoms with E-state index in [1.807, 2.05) is 36.4 Å². The van der Waals surface area contributed by atoms with Crippen LogP contribution in [0.5, 0.6) is 0 Å². The van der Waals surface area contributed by atoms with E-state index in [1.54, 1.807) is 0 Å². The molecule has 1 aromatic carbocycles. The Morgan fingerprint density at radius 3 is 2.59 bits per heavy atom. The number of pyridine rings is 1. The van der Waals surface area contributed by atoms with Gasteiger partial charge in [0.2, 0.25) is 0 Å². The van der Waals surface area contributed by atoms with E-state index in [9.17, 15) is 4.79 Å². The van der Waals surface area contributed by atoms with Crippen molar-refractivity contribution in [3.63, 3.8) is 0 Å². The normalized spacial score (nSPS) is 11.0. The molecule has 0 aliphatic heterocycles. The Morgan fingerprint density at radius 1 is 1.23 bits per heavy atom. The summed E-state index contributed by atoms with van der Waals surface area (Å²) in [7, 11) is 0. The number of nitrogens with zero attached hydrogens (tertiary/aromatic N) is 1. The first-order valence-corrected chi connectivity index (χ1v) is 7.70. The molecular formula is C16H16N4OS. The molecule has 22 heavy (non-hydrogen) atoms. The topological polar surface area (TPSA) is 108 Å². The molecule has 0 fully saturated rings. The van der Waals surface area contributed by atoms with Crippen molar-refractivity contribution in [3.05, 3.63) is 46.8 Å². The first kappa shape index (κ1) is 14.5. The number of carbonyl (C=O) groups excluding carboxylic acids is 1. The van der Waals surface area contributed by atoms with E-state index in [4.69, 9.17) is 17.2 Å². The van der Waals surface area contributed by atoms with E-state index in [0.717, 1.165) is 27.0 Å². The van der Waals surface area contributed by atoms with Gasteiger partial charge < -0.3 is 17.2 Å². The Morgan fingerprint density at radius 2 is 1.95 bits per heavy atom. The lowest BCUT2D eigenvalue weighted by Crippen LogP contribution is -2.11. The maximum atomic E-state index is 11.5. The van der Waals surface area contributed by atoms with Gasteiger partial charge in [0.25, 0.3) is 5.91 Å². The Bertz CT molecular complexity index is 842. The van der Waals surface area contributed by atoms with E-state index in [-0.39, 0.29) is 0 Å². The standard InChI is InChI=1S/C16H16N4OS/c17-7-6-10-8-11(9-4-2-1-3-5-9)20-16-12(10)13(18)14(22-16)15(19)21/h1-5,8H,6-7,17-18H2,(H2,19,21). The maximum Gasteiger partial charge on any atom is 0.260 e. The zero-order valence-corrected chi connectivity index (χ0v) is 12.7. The van der Waals surface area contributed by atoms with E-state index in [1.165, 1.54) is 11.3 Å². The zero-order chi connectivity index (χ0) is 15.7. The van der Waals surface area contributed by atoms with Crippen molar-refractivity contribution in [1.82, 2.24) is 4.98 Å². The minimum atomic E-state index is -0.527. The number of nitrogens with two attached hydrogens (primary N) is 3. The number of primary amides is 1. The fourth-order valence-electron chi connectivity index (χ4n) is 2.49. The minimum Gasteiger partial charge on any atom is -0.397 e. The molecular weight excluding hydrogens is 296 g/mol. The van der Waals surface area contributed by atoms with Crippen molar-refractivity contribution in [3.8, 4) is 11.3 Å². The average Bonchev–Trinajstić information content (AvgIpc) is 2.86. The summed E-state index contributed by atoms with van der Waals surface area (Å²) < 4.78 is 0. The van der Waals surface area contributed by atoms with E-state index < -0.39 is 5.91 Å². The molecule has 0 bridgehead atoms. The van der Waals surface area contributed by atoms with Crippen LogP contribution in [0.15, 0.2) is 36.4 Å². The van der Waals surface area contributed by atoms with Crippen LogP contribution in [-0.2, 0) is 6.42 Å². The van der Waals surface area contributed by atoms with Crippen LogP contribution in [0.25, 0.3) is 21.5 Å². The van der Waals surface area contributed by atoms with Crippen LogP contribution >= 0.6 is 11.3 Å². The summed E-state index contributed by atoms with van der Waals surface area (Å²) in [6.07, 6.45) is 0.665. The molecule has 0 saturated heterocycles. The monoisotopic (exact) mass is 312 g/mol. The summed E-state index contributed by atoms with van der Waals surface area (Å²) in [5, 5.41) is 0.795. The molecule has 0 saturated carbocycles. The van der Waals surface area contributed by atoms with Crippen LogP contribution in [0.3, 0.4) is 0 Å². The molecule has 1 amide bonds. The Kier molecular flexibility index (Phi) is 3.79. The first-order valence-electron chi connectivity index (χ1n) is 6.89. The molecule has 6 heteroatoms. The third kappa shape index (κ3) is 2.43. The summed E-state index contributed by atoms with van der Waals surface area (Å²) in [4.78, 5) is 17.2. The highest BCUT2D eigenvalue weighted by atomic mass is 32.1. The highest BCUT2D eigenvalue weighted by Crippen LogP contribution is 2.36. The third-order valence-electron chi connectivity index (χ3n) is 3.49. The molecule has 0 aliphatic carbocycles. The molecule has 5 nitrogen and oxygen atoms in total. The number of rotatable bonds is 4. The molecule has 112 valence electrons. The van der Waals surface area contributed by atoms with Gasteiger partial charge in [-0.1, -0.05) is 30.3 Å². The Hall–Kier alpha value is -2.44. The van der Waals surface area contributed by atoms with Gasteiger partial charge in [0.1, 0.15) is 9.71 Å². The molecule has 0 aliphatic rings. The number of carbonyl (C=O) groups is 1. The van der Waals surface area contributed by atoms with Crippen LogP contribution in [0.2, 0.25) is 0 Å². The number of hydrogen-bond donors (Lipinski definition) is 3. The summed E-state index contributed by atoms with van der Waals surface area (Å²) in [5.74, 6) is -0.527. The fraction of sp³-hybridized carbons (Fsp3) is 0.125. The second-order valence-electron chi connectivity index (χ2n) is 4.96. The van der Waals surface area contributed by atoms with Crippen LogP contribution in [-0.4, -0.2) is 17.4 Å². The minimum absolute atomic E-state index is 0.353. The van der Waals surface area contributed by atoms with Gasteiger partial charge in [-0.05, 0) is 24.6 Å². The smallest absolute Gasteiger partial charge is 0.260 e. The maximum absolute atomic E-state index is 11.5. The molecule has 3 rings (SSSR count). The summed E-state index contributed by atoms with van der Waals surface area (Å²) in [6, 6.07) is 11.8. The summed E-state index contributed by atoms with van der Waals surface area (Å²) in [6.45, 7) is 0.495. The Balaban J connectivity index is 2.28. The SMILES string of the molecule is NCCc1cc(-c2ccccc2)nc2sc(C(N)=O)c(N)c12. The summed E-state index contributed by atoms with van der Waals surface area (Å²) >= 11 is 1.23. The lowest BCUT2D eigenvalue weighted by atomic mass is 10.0. The number of aromatic nitrogens is 1. The van der Waals surface area contributed by atoms with Crippen LogP contribution in [0, 0.1) is 0 Å². The van der Waals surface area contributed by atoms with Crippen molar-refractivity contribution in [1.29, 1.82) is 0 Å². The van der Waals surface area contributed by atoms with Gasteiger partial charge in [-0.25, -0.2) is 4.98 Å². The first-order chi connectivity index (χ1) is 10.6. The van der Waals surface area contributed by atoms with Crippen molar-refractivity contribution < 1.29 is 4.79 Å². The van der Waals surface area contributed by atoms with Crippen molar-refractivity contribution in [2.75, 3.05) is 12.3 Å². The number of amides is 1. The lowest BCUT2D eigenvalue weighted by molar-refractivity contribution is 0.100. The number of hydrogen-bond acceptors (Lipinski definition) is 5. The van der Waals surface area contributed by atoms with Gasteiger partial charge >= 0.3 is 0 Å². The predicted molar refractivity (Wildman–Crippen MR) is 90.7 cm³/mol. The number of fused-ring (bicyclic) bond motifs is 1. The molecule has 2 aromatic heterocycles. The van der Waals surface area contributed by atoms with Gasteiger partial charge in [-0.2, -0.15) is 0 Å². The third-order valence-corrected chi connectivity index (χ3v) is 4.60. The molecule has 0 unspecified atom stereocenters. The van der Waals surface area contributed by atoms with Gasteiger partial charge in [0, 0.05) is 10.9 Å². The molecule has 3 aromatic rings. The highest BCUT2D eigenvalue weighted by Gasteiger charge is 2.18. The largest absolute Gasteiger partial charge is 0.397 e. The zero-order valence-electron chi connectivity index (χ0n) is 11.9. The van der Waals surface area contributed by atoms with Gasteiger partial charge in [-0.15, -0.1) is 11.3 Å². The van der Waals surface area contributed by atoms with Crippen molar-refractivity contribution >= 4 is 33.1 Å². The second kappa shape index (κ2) is 5.75. The van der Waals surface area contributed by atoms with Gasteiger partial charge in [0.05, 0.1) is 11.4 Å². The fourth-order valence-corrected chi connectivity index (χ4v) is 3.48. The van der Waals surface area contributed by atoms with Crippen LogP contribution in [0.4, 0.5) is 5.69 Å². The number of benzene rings is 1. The molecule has 6 N–H and O–H groups in total. The lowest BCUT2D eigenvalue weighted by Gasteiger charge is -2.07. The molecule has 0 radical (unpaired) electrons. The number of anilines is 1. The van der Waals surface area contributed by atoms with E-state index in [2.05, 4.69) is 4.98 Å². The second-order valence-corrected chi connectivity index (χ2v) is 5.96. The molecule has 2 heterocycles. The predicted octanol–water partition coefficient (Wildman–Crippen LogP) is 2.15.